The highest BCUT2D eigenvalue weighted by Crippen LogP contribution is 2.27. The molecule has 6 nitrogen and oxygen atoms in total. The van der Waals surface area contributed by atoms with Crippen LogP contribution in [0.3, 0.4) is 0 Å². The number of nitrogens with two attached hydrogens (primary N) is 1. The van der Waals surface area contributed by atoms with Crippen molar-refractivity contribution in [1.29, 1.82) is 0 Å². The van der Waals surface area contributed by atoms with Gasteiger partial charge in [0.2, 0.25) is 0 Å². The van der Waals surface area contributed by atoms with Crippen molar-refractivity contribution >= 4 is 28.6 Å². The number of nitrogens with one attached hydrogen (secondary N) is 1. The molecule has 0 amide bonds. The minimum absolute atomic E-state index is 0.218. The van der Waals surface area contributed by atoms with Crippen LogP contribution in [0.2, 0.25) is 0 Å². The zero-order valence-electron chi connectivity index (χ0n) is 9.70. The molecule has 2 aromatic heterocycles. The number of para-hydroxylation sites is 2. The highest BCUT2D eigenvalue weighted by molar-refractivity contribution is 7.99. The van der Waals surface area contributed by atoms with E-state index in [4.69, 9.17) is 5.73 Å². The number of anilines is 1. The number of hydrogen-bond acceptors (Lipinski definition) is 6. The molecule has 1 aromatic carbocycles. The van der Waals surface area contributed by atoms with Gasteiger partial charge in [-0.15, -0.1) is 0 Å². The minimum Gasteiger partial charge on any atom is -0.381 e. The van der Waals surface area contributed by atoms with Gasteiger partial charge in [0.25, 0.3) is 5.56 Å². The lowest BCUT2D eigenvalue weighted by molar-refractivity contribution is 0.932. The lowest BCUT2D eigenvalue weighted by Gasteiger charge is -2.04. The topological polar surface area (TPSA) is 97.5 Å². The van der Waals surface area contributed by atoms with Gasteiger partial charge in [-0.2, -0.15) is 0 Å². The number of hydrogen-bond donors (Lipinski definition) is 2. The normalized spacial score (nSPS) is 10.7. The molecule has 2 heterocycles. The van der Waals surface area contributed by atoms with Crippen molar-refractivity contribution in [3.8, 4) is 0 Å². The van der Waals surface area contributed by atoms with E-state index in [0.717, 1.165) is 11.0 Å². The van der Waals surface area contributed by atoms with Crippen LogP contribution >= 0.6 is 11.8 Å². The van der Waals surface area contributed by atoms with Crippen molar-refractivity contribution in [2.24, 2.45) is 0 Å². The lowest BCUT2D eigenvalue weighted by Crippen LogP contribution is -2.06. The second kappa shape index (κ2) is 4.69. The molecule has 0 aliphatic rings. The number of benzene rings is 1. The Bertz CT molecular complexity index is 801. The maximum Gasteiger partial charge on any atom is 0.251 e. The van der Waals surface area contributed by atoms with E-state index in [9.17, 15) is 4.79 Å². The van der Waals surface area contributed by atoms with Crippen LogP contribution in [0, 0.1) is 0 Å². The molecule has 0 fully saturated rings. The molecule has 0 aliphatic heterocycles. The smallest absolute Gasteiger partial charge is 0.251 e. The summed E-state index contributed by atoms with van der Waals surface area (Å²) in [5.74, 6) is 0.315. The van der Waals surface area contributed by atoms with E-state index in [1.807, 2.05) is 24.3 Å². The second-order valence-electron chi connectivity index (χ2n) is 3.74. The molecule has 3 rings (SSSR count). The van der Waals surface area contributed by atoms with Crippen molar-refractivity contribution in [2.45, 2.75) is 10.2 Å². The molecule has 3 aromatic rings. The molecule has 0 saturated carbocycles. The largest absolute Gasteiger partial charge is 0.381 e. The molecule has 19 heavy (non-hydrogen) atoms. The Hall–Kier alpha value is -2.41. The van der Waals surface area contributed by atoms with Crippen molar-refractivity contribution in [3.63, 3.8) is 0 Å². The van der Waals surface area contributed by atoms with E-state index in [0.29, 0.717) is 16.0 Å². The fourth-order valence-electron chi connectivity index (χ4n) is 1.57. The van der Waals surface area contributed by atoms with Gasteiger partial charge in [-0.1, -0.05) is 12.1 Å². The number of H-pyrrole nitrogens is 1. The maximum atomic E-state index is 11.2. The van der Waals surface area contributed by atoms with Gasteiger partial charge in [-0.05, 0) is 23.9 Å². The van der Waals surface area contributed by atoms with Gasteiger partial charge in [0.05, 0.1) is 11.0 Å². The van der Waals surface area contributed by atoms with Crippen molar-refractivity contribution in [1.82, 2.24) is 19.9 Å². The van der Waals surface area contributed by atoms with E-state index >= 15 is 0 Å². The zero-order chi connectivity index (χ0) is 13.2. The maximum absolute atomic E-state index is 11.2. The molecule has 0 atom stereocenters. The molecule has 0 aliphatic carbocycles. The summed E-state index contributed by atoms with van der Waals surface area (Å²) < 4.78 is 0. The second-order valence-corrected chi connectivity index (χ2v) is 4.72. The summed E-state index contributed by atoms with van der Waals surface area (Å²) in [5.41, 5.74) is 7.12. The highest BCUT2D eigenvalue weighted by atomic mass is 32.2. The third-order valence-corrected chi connectivity index (χ3v) is 3.30. The first-order chi connectivity index (χ1) is 9.22. The number of aromatic amines is 1. The molecule has 0 spiro atoms. The summed E-state index contributed by atoms with van der Waals surface area (Å²) in [6.07, 6.45) is 1.44. The first kappa shape index (κ1) is 11.7. The van der Waals surface area contributed by atoms with E-state index in [2.05, 4.69) is 19.9 Å². The molecule has 94 valence electrons. The first-order valence-electron chi connectivity index (χ1n) is 5.48. The average Bonchev–Trinajstić information content (AvgIpc) is 2.40. The lowest BCUT2D eigenvalue weighted by atomic mass is 10.3. The summed E-state index contributed by atoms with van der Waals surface area (Å²) in [7, 11) is 0. The van der Waals surface area contributed by atoms with E-state index in [1.54, 1.807) is 0 Å². The number of nitrogens with zero attached hydrogens (tertiary/aromatic N) is 3. The molecule has 3 N–H and O–H groups in total. The van der Waals surface area contributed by atoms with Gasteiger partial charge in [0, 0.05) is 12.3 Å². The average molecular weight is 271 g/mol. The zero-order valence-corrected chi connectivity index (χ0v) is 10.5. The van der Waals surface area contributed by atoms with Crippen molar-refractivity contribution < 1.29 is 0 Å². The van der Waals surface area contributed by atoms with Crippen LogP contribution in [-0.2, 0) is 0 Å². The predicted molar refractivity (Wildman–Crippen MR) is 72.9 cm³/mol. The molecular formula is C12H9N5OS. The molecule has 0 saturated heterocycles. The third kappa shape index (κ3) is 2.41. The molecular weight excluding hydrogens is 262 g/mol. The molecule has 0 bridgehead atoms. The standard InChI is InChI=1S/C12H9N5OS/c13-10-11(19-12-14-6-5-9(18)17-12)16-8-4-2-1-3-7(8)15-10/h1-6H,(H2,13,15)(H,14,17,18). The summed E-state index contributed by atoms with van der Waals surface area (Å²) in [6, 6.07) is 8.80. The number of nitrogen functional groups attached to an aromatic ring is 1. The van der Waals surface area contributed by atoms with Crippen LogP contribution in [0.4, 0.5) is 5.82 Å². The Morgan fingerprint density at radius 1 is 1.11 bits per heavy atom. The predicted octanol–water partition coefficient (Wildman–Crippen LogP) is 1.45. The van der Waals surface area contributed by atoms with Gasteiger partial charge in [-0.25, -0.2) is 15.0 Å². The highest BCUT2D eigenvalue weighted by Gasteiger charge is 2.08. The first-order valence-corrected chi connectivity index (χ1v) is 6.29. The van der Waals surface area contributed by atoms with Crippen molar-refractivity contribution in [3.05, 3.63) is 46.9 Å². The van der Waals surface area contributed by atoms with Crippen LogP contribution in [0.1, 0.15) is 0 Å². The van der Waals surface area contributed by atoms with Crippen LogP contribution in [0.25, 0.3) is 11.0 Å². The summed E-state index contributed by atoms with van der Waals surface area (Å²) in [5, 5.41) is 0.955. The van der Waals surface area contributed by atoms with Crippen LogP contribution in [0.5, 0.6) is 0 Å². The fraction of sp³-hybridized carbons (Fsp3) is 0. The van der Waals surface area contributed by atoms with Gasteiger partial charge in [0.1, 0.15) is 5.03 Å². The van der Waals surface area contributed by atoms with Gasteiger partial charge in [0.15, 0.2) is 11.0 Å². The van der Waals surface area contributed by atoms with Crippen LogP contribution < -0.4 is 11.3 Å². The van der Waals surface area contributed by atoms with Gasteiger partial charge in [-0.3, -0.25) is 4.79 Å². The summed E-state index contributed by atoms with van der Waals surface area (Å²) in [4.78, 5) is 26.5. The Kier molecular flexibility index (Phi) is 2.88. The molecule has 0 radical (unpaired) electrons. The molecule has 7 heteroatoms. The molecule has 0 unspecified atom stereocenters. The minimum atomic E-state index is -0.218. The number of fused-ring (bicyclic) bond motifs is 1. The monoisotopic (exact) mass is 271 g/mol. The summed E-state index contributed by atoms with van der Waals surface area (Å²) >= 11 is 1.18. The third-order valence-electron chi connectivity index (χ3n) is 2.40. The van der Waals surface area contributed by atoms with Crippen LogP contribution in [0.15, 0.2) is 51.5 Å². The van der Waals surface area contributed by atoms with Gasteiger partial charge < -0.3 is 10.7 Å². The van der Waals surface area contributed by atoms with Crippen molar-refractivity contribution in [2.75, 3.05) is 5.73 Å². The van der Waals surface area contributed by atoms with Crippen LogP contribution in [-0.4, -0.2) is 19.9 Å². The number of aromatic nitrogens is 4. The Labute approximate surface area is 112 Å². The van der Waals surface area contributed by atoms with E-state index in [-0.39, 0.29) is 5.56 Å². The Morgan fingerprint density at radius 3 is 2.58 bits per heavy atom. The fourth-order valence-corrected chi connectivity index (χ4v) is 2.31. The van der Waals surface area contributed by atoms with E-state index in [1.165, 1.54) is 24.0 Å². The quantitative estimate of drug-likeness (QED) is 0.684. The SMILES string of the molecule is Nc1nc2ccccc2nc1Sc1nccc(=O)[nH]1. The Balaban J connectivity index is 2.05. The summed E-state index contributed by atoms with van der Waals surface area (Å²) in [6.45, 7) is 0. The Morgan fingerprint density at radius 2 is 1.84 bits per heavy atom. The number of rotatable bonds is 2. The van der Waals surface area contributed by atoms with Gasteiger partial charge >= 0.3 is 0 Å². The van der Waals surface area contributed by atoms with E-state index < -0.39 is 0 Å².